The van der Waals surface area contributed by atoms with Crippen molar-refractivity contribution in [2.75, 3.05) is 18.5 Å². The molecule has 3 N–H and O–H groups in total. The summed E-state index contributed by atoms with van der Waals surface area (Å²) in [7, 11) is 0. The number of nitrogens with zero attached hydrogens (tertiary/aromatic N) is 2. The molecule has 1 aromatic heterocycles. The second-order valence-electron chi connectivity index (χ2n) is 6.76. The van der Waals surface area contributed by atoms with Gasteiger partial charge in [-0.3, -0.25) is 9.88 Å². The van der Waals surface area contributed by atoms with Crippen molar-refractivity contribution in [3.63, 3.8) is 0 Å². The van der Waals surface area contributed by atoms with Crippen LogP contribution >= 0.6 is 0 Å². The Labute approximate surface area is 164 Å². The summed E-state index contributed by atoms with van der Waals surface area (Å²) in [4.78, 5) is 27.8. The molecule has 1 saturated heterocycles. The Morgan fingerprint density at radius 1 is 1.36 bits per heavy atom. The highest BCUT2D eigenvalue weighted by Gasteiger charge is 2.38. The van der Waals surface area contributed by atoms with Gasteiger partial charge < -0.3 is 19.7 Å². The molecule has 28 heavy (non-hydrogen) atoms. The zero-order valence-electron chi connectivity index (χ0n) is 16.2. The summed E-state index contributed by atoms with van der Waals surface area (Å²) in [6.45, 7) is 5.77. The Bertz CT molecular complexity index is 720. The number of hydrogen-bond acceptors (Lipinski definition) is 7. The number of anilines is 1. The third kappa shape index (κ3) is 5.88. The lowest BCUT2D eigenvalue weighted by atomic mass is 10.1. The monoisotopic (exact) mass is 395 g/mol. The van der Waals surface area contributed by atoms with E-state index < -0.39 is 36.8 Å². The van der Waals surface area contributed by atoms with Crippen molar-refractivity contribution in [2.24, 2.45) is 0 Å². The lowest BCUT2D eigenvalue weighted by Gasteiger charge is -2.15. The molecular formula is C19H29N3O6. The van der Waals surface area contributed by atoms with Gasteiger partial charge in [0.05, 0.1) is 13.2 Å². The highest BCUT2D eigenvalue weighted by Crippen LogP contribution is 2.31. The summed E-state index contributed by atoms with van der Waals surface area (Å²) in [5.41, 5.74) is -0.437. The van der Waals surface area contributed by atoms with Gasteiger partial charge in [-0.05, 0) is 12.5 Å². The van der Waals surface area contributed by atoms with Gasteiger partial charge in [0.2, 0.25) is 0 Å². The number of amides is 1. The minimum absolute atomic E-state index is 0.0528. The molecule has 9 nitrogen and oxygen atoms in total. The van der Waals surface area contributed by atoms with E-state index >= 15 is 0 Å². The summed E-state index contributed by atoms with van der Waals surface area (Å²) in [6, 6.07) is 1.42. The fourth-order valence-electron chi connectivity index (χ4n) is 2.95. The van der Waals surface area contributed by atoms with Crippen LogP contribution in [0.2, 0.25) is 0 Å². The summed E-state index contributed by atoms with van der Waals surface area (Å²) in [5.74, 6) is 0.0528. The molecule has 3 atom stereocenters. The van der Waals surface area contributed by atoms with E-state index in [0.717, 1.165) is 23.8 Å². The molecule has 2 heterocycles. The number of nitrogens with one attached hydrogen (secondary N) is 1. The minimum Gasteiger partial charge on any atom is -0.449 e. The Hall–Kier alpha value is -2.23. The third-order valence-electron chi connectivity index (χ3n) is 4.58. The lowest BCUT2D eigenvalue weighted by Crippen LogP contribution is -2.29. The molecule has 0 spiro atoms. The second-order valence-corrected chi connectivity index (χ2v) is 6.76. The van der Waals surface area contributed by atoms with E-state index in [1.54, 1.807) is 0 Å². The largest absolute Gasteiger partial charge is 0.449 e. The quantitative estimate of drug-likeness (QED) is 0.409. The van der Waals surface area contributed by atoms with Gasteiger partial charge in [0.1, 0.15) is 18.0 Å². The number of unbranched alkanes of at least 4 members (excludes halogenated alkanes) is 5. The SMILES string of the molecule is C=C1[C@H](n2ccc(NC(=O)OCCCCCCCC)nc2=O)O[C@H](CO)[C@H]1O. The van der Waals surface area contributed by atoms with Crippen LogP contribution in [0.15, 0.2) is 29.2 Å². The normalized spacial score (nSPS) is 21.7. The molecule has 0 unspecified atom stereocenters. The third-order valence-corrected chi connectivity index (χ3v) is 4.58. The van der Waals surface area contributed by atoms with Gasteiger partial charge >= 0.3 is 11.8 Å². The van der Waals surface area contributed by atoms with Gasteiger partial charge in [-0.25, -0.2) is 9.59 Å². The zero-order chi connectivity index (χ0) is 20.5. The number of aliphatic hydroxyl groups excluding tert-OH is 2. The van der Waals surface area contributed by atoms with Crippen LogP contribution in [0.3, 0.4) is 0 Å². The Morgan fingerprint density at radius 3 is 2.71 bits per heavy atom. The van der Waals surface area contributed by atoms with Crippen LogP contribution in [-0.4, -0.2) is 51.3 Å². The van der Waals surface area contributed by atoms with Crippen molar-refractivity contribution in [1.82, 2.24) is 9.55 Å². The van der Waals surface area contributed by atoms with E-state index in [1.165, 1.54) is 31.5 Å². The molecule has 0 aromatic carbocycles. The summed E-state index contributed by atoms with van der Waals surface area (Å²) >= 11 is 0. The number of carbonyl (C=O) groups excluding carboxylic acids is 1. The number of carbonyl (C=O) groups is 1. The first-order chi connectivity index (χ1) is 13.5. The summed E-state index contributed by atoms with van der Waals surface area (Å²) < 4.78 is 11.7. The maximum absolute atomic E-state index is 12.2. The van der Waals surface area contributed by atoms with Crippen LogP contribution in [0.4, 0.5) is 10.6 Å². The lowest BCUT2D eigenvalue weighted by molar-refractivity contribution is -0.0447. The zero-order valence-corrected chi connectivity index (χ0v) is 16.2. The first kappa shape index (κ1) is 22.1. The first-order valence-electron chi connectivity index (χ1n) is 9.64. The van der Waals surface area contributed by atoms with Gasteiger partial charge in [0, 0.05) is 11.8 Å². The van der Waals surface area contributed by atoms with Crippen LogP contribution in [0.5, 0.6) is 0 Å². The van der Waals surface area contributed by atoms with Crippen LogP contribution < -0.4 is 11.0 Å². The fraction of sp³-hybridized carbons (Fsp3) is 0.632. The number of hydrogen-bond donors (Lipinski definition) is 3. The second kappa shape index (κ2) is 10.9. The van der Waals surface area contributed by atoms with E-state index in [4.69, 9.17) is 9.47 Å². The number of aliphatic hydroxyl groups is 2. The van der Waals surface area contributed by atoms with Gasteiger partial charge in [-0.15, -0.1) is 0 Å². The predicted octanol–water partition coefficient (Wildman–Crippen LogP) is 1.96. The number of aromatic nitrogens is 2. The van der Waals surface area contributed by atoms with Gasteiger partial charge in [-0.2, -0.15) is 4.98 Å². The smallest absolute Gasteiger partial charge is 0.412 e. The van der Waals surface area contributed by atoms with Crippen molar-refractivity contribution in [2.45, 2.75) is 63.9 Å². The number of ether oxygens (including phenoxy) is 2. The minimum atomic E-state index is -1.07. The van der Waals surface area contributed by atoms with Gasteiger partial charge in [0.25, 0.3) is 0 Å². The molecule has 0 radical (unpaired) electrons. The molecule has 9 heteroatoms. The molecule has 1 fully saturated rings. The van der Waals surface area contributed by atoms with E-state index in [0.29, 0.717) is 6.61 Å². The molecule has 1 aliphatic rings. The Morgan fingerprint density at radius 2 is 2.07 bits per heavy atom. The van der Waals surface area contributed by atoms with Crippen LogP contribution in [0, 0.1) is 0 Å². The standard InChI is InChI=1S/C19H29N3O6/c1-3-4-5-6-7-8-11-27-19(26)21-15-9-10-22(18(25)20-15)17-13(2)16(24)14(12-23)28-17/h9-10,14,16-17,23-24H,2-8,11-12H2,1H3,(H,20,21,25,26)/t14-,16+,17-/m1/s1. The van der Waals surface area contributed by atoms with Crippen LogP contribution in [-0.2, 0) is 9.47 Å². The molecule has 1 aromatic rings. The molecule has 1 amide bonds. The van der Waals surface area contributed by atoms with E-state index in [2.05, 4.69) is 23.8 Å². The van der Waals surface area contributed by atoms with E-state index in [9.17, 15) is 19.8 Å². The maximum Gasteiger partial charge on any atom is 0.412 e. The van der Waals surface area contributed by atoms with E-state index in [1.807, 2.05) is 0 Å². The summed E-state index contributed by atoms with van der Waals surface area (Å²) in [6.07, 6.45) is 4.38. The molecule has 1 aliphatic heterocycles. The molecular weight excluding hydrogens is 366 g/mol. The van der Waals surface area contributed by atoms with Crippen molar-refractivity contribution >= 4 is 11.9 Å². The average Bonchev–Trinajstić information content (AvgIpc) is 2.95. The van der Waals surface area contributed by atoms with Gasteiger partial charge in [0.15, 0.2) is 6.23 Å². The number of rotatable bonds is 10. The fourth-order valence-corrected chi connectivity index (χ4v) is 2.95. The van der Waals surface area contributed by atoms with Crippen molar-refractivity contribution < 1.29 is 24.5 Å². The van der Waals surface area contributed by atoms with E-state index in [-0.39, 0.29) is 11.4 Å². The van der Waals surface area contributed by atoms with Gasteiger partial charge in [-0.1, -0.05) is 45.6 Å². The highest BCUT2D eigenvalue weighted by molar-refractivity contribution is 5.83. The van der Waals surface area contributed by atoms with Crippen LogP contribution in [0.1, 0.15) is 51.7 Å². The first-order valence-corrected chi connectivity index (χ1v) is 9.64. The molecule has 0 aliphatic carbocycles. The topological polar surface area (TPSA) is 123 Å². The Balaban J connectivity index is 1.83. The molecule has 2 rings (SSSR count). The highest BCUT2D eigenvalue weighted by atomic mass is 16.6. The Kier molecular flexibility index (Phi) is 8.62. The van der Waals surface area contributed by atoms with Crippen molar-refractivity contribution in [1.29, 1.82) is 0 Å². The average molecular weight is 395 g/mol. The summed E-state index contributed by atoms with van der Waals surface area (Å²) in [5, 5.41) is 21.5. The maximum atomic E-state index is 12.2. The van der Waals surface area contributed by atoms with Crippen molar-refractivity contribution in [3.05, 3.63) is 34.9 Å². The van der Waals surface area contributed by atoms with Crippen LogP contribution in [0.25, 0.3) is 0 Å². The molecule has 156 valence electrons. The predicted molar refractivity (Wildman–Crippen MR) is 103 cm³/mol. The molecule has 0 saturated carbocycles. The van der Waals surface area contributed by atoms with Crippen molar-refractivity contribution in [3.8, 4) is 0 Å². The molecule has 0 bridgehead atoms.